The van der Waals surface area contributed by atoms with Crippen molar-refractivity contribution in [3.63, 3.8) is 0 Å². The number of nitrogens with zero attached hydrogens (tertiary/aromatic N) is 2. The molecule has 1 heterocycles. The standard InChI is InChI=1S/C24H23BrN4O5/c1-14(2)22(27-23(30)16-6-4-15(3)5-7-16)24(31)28-26-13-18-9-11-21(34-18)19-10-8-17(29(32)33)12-20(19)25/h4-14,22H,1-3H3,(H,27,30)(H,28,31). The van der Waals surface area contributed by atoms with Gasteiger partial charge in [-0.1, -0.05) is 31.5 Å². The third-order valence-corrected chi connectivity index (χ3v) is 5.63. The smallest absolute Gasteiger partial charge is 0.270 e. The van der Waals surface area contributed by atoms with Crippen LogP contribution in [-0.2, 0) is 4.79 Å². The van der Waals surface area contributed by atoms with Gasteiger partial charge in [0.1, 0.15) is 17.6 Å². The van der Waals surface area contributed by atoms with Crippen LogP contribution in [0.3, 0.4) is 0 Å². The molecule has 10 heteroatoms. The molecule has 0 bridgehead atoms. The van der Waals surface area contributed by atoms with Gasteiger partial charge in [0.25, 0.3) is 17.5 Å². The maximum atomic E-state index is 12.6. The van der Waals surface area contributed by atoms with Gasteiger partial charge in [0.2, 0.25) is 0 Å². The minimum atomic E-state index is -0.783. The molecule has 1 atom stereocenters. The van der Waals surface area contributed by atoms with Crippen LogP contribution in [0.25, 0.3) is 11.3 Å². The van der Waals surface area contributed by atoms with Crippen molar-refractivity contribution < 1.29 is 18.9 Å². The Morgan fingerprint density at radius 3 is 2.44 bits per heavy atom. The third-order valence-electron chi connectivity index (χ3n) is 4.97. The number of nitrogens with one attached hydrogen (secondary N) is 2. The summed E-state index contributed by atoms with van der Waals surface area (Å²) >= 11 is 3.31. The Morgan fingerprint density at radius 1 is 1.12 bits per heavy atom. The summed E-state index contributed by atoms with van der Waals surface area (Å²) < 4.78 is 6.21. The minimum absolute atomic E-state index is 0.0409. The summed E-state index contributed by atoms with van der Waals surface area (Å²) in [6.45, 7) is 5.57. The Kier molecular flexibility index (Phi) is 7.95. The van der Waals surface area contributed by atoms with Gasteiger partial charge in [-0.15, -0.1) is 0 Å². The normalized spacial score (nSPS) is 12.0. The van der Waals surface area contributed by atoms with Gasteiger partial charge in [0, 0.05) is 27.7 Å². The molecule has 176 valence electrons. The fourth-order valence-electron chi connectivity index (χ4n) is 3.08. The van der Waals surface area contributed by atoms with E-state index in [9.17, 15) is 19.7 Å². The number of furan rings is 1. The predicted octanol–water partition coefficient (Wildman–Crippen LogP) is 4.83. The van der Waals surface area contributed by atoms with E-state index in [0.29, 0.717) is 27.1 Å². The summed E-state index contributed by atoms with van der Waals surface area (Å²) in [6, 6.07) is 14.0. The van der Waals surface area contributed by atoms with Gasteiger partial charge in [-0.2, -0.15) is 5.10 Å². The number of nitro benzene ring substituents is 1. The van der Waals surface area contributed by atoms with Gasteiger partial charge in [-0.25, -0.2) is 5.43 Å². The summed E-state index contributed by atoms with van der Waals surface area (Å²) in [4.78, 5) is 35.5. The van der Waals surface area contributed by atoms with Crippen molar-refractivity contribution in [3.8, 4) is 11.3 Å². The van der Waals surface area contributed by atoms with Crippen LogP contribution in [0.4, 0.5) is 5.69 Å². The molecule has 0 saturated heterocycles. The molecule has 2 aromatic carbocycles. The third kappa shape index (κ3) is 6.16. The van der Waals surface area contributed by atoms with E-state index in [1.807, 2.05) is 32.9 Å². The molecule has 0 aliphatic heterocycles. The van der Waals surface area contributed by atoms with Crippen molar-refractivity contribution in [3.05, 3.63) is 86.1 Å². The molecular weight excluding hydrogens is 504 g/mol. The highest BCUT2D eigenvalue weighted by Crippen LogP contribution is 2.32. The molecule has 2 amide bonds. The fraction of sp³-hybridized carbons (Fsp3) is 0.208. The number of carbonyl (C=O) groups excluding carboxylic acids is 2. The second kappa shape index (κ2) is 10.9. The molecule has 3 aromatic rings. The number of benzene rings is 2. The van der Waals surface area contributed by atoms with E-state index in [1.165, 1.54) is 18.3 Å². The van der Waals surface area contributed by atoms with E-state index >= 15 is 0 Å². The minimum Gasteiger partial charge on any atom is -0.455 e. The number of halogens is 1. The molecule has 3 rings (SSSR count). The van der Waals surface area contributed by atoms with Crippen molar-refractivity contribution in [1.82, 2.24) is 10.7 Å². The number of hydrogen-bond acceptors (Lipinski definition) is 6. The predicted molar refractivity (Wildman–Crippen MR) is 132 cm³/mol. The number of nitro groups is 1. The Bertz CT molecular complexity index is 1230. The van der Waals surface area contributed by atoms with Crippen molar-refractivity contribution >= 4 is 39.6 Å². The molecule has 0 fully saturated rings. The van der Waals surface area contributed by atoms with Crippen molar-refractivity contribution in [2.24, 2.45) is 11.0 Å². The lowest BCUT2D eigenvalue weighted by atomic mass is 10.0. The molecule has 0 aliphatic carbocycles. The first-order valence-electron chi connectivity index (χ1n) is 10.4. The Balaban J connectivity index is 1.64. The Labute approximate surface area is 204 Å². The molecule has 34 heavy (non-hydrogen) atoms. The van der Waals surface area contributed by atoms with E-state index in [2.05, 4.69) is 31.8 Å². The van der Waals surface area contributed by atoms with Crippen LogP contribution in [0.1, 0.15) is 35.5 Å². The number of rotatable bonds is 8. The Hall–Kier alpha value is -3.79. The number of non-ortho nitro benzene ring substituents is 1. The average Bonchev–Trinajstić information content (AvgIpc) is 3.25. The quantitative estimate of drug-likeness (QED) is 0.247. The molecule has 2 N–H and O–H groups in total. The fourth-order valence-corrected chi connectivity index (χ4v) is 3.64. The monoisotopic (exact) mass is 526 g/mol. The van der Waals surface area contributed by atoms with Crippen molar-refractivity contribution in [2.45, 2.75) is 26.8 Å². The van der Waals surface area contributed by atoms with Gasteiger partial charge in [0.05, 0.1) is 11.1 Å². The maximum Gasteiger partial charge on any atom is 0.270 e. The van der Waals surface area contributed by atoms with Crippen LogP contribution >= 0.6 is 15.9 Å². The topological polar surface area (TPSA) is 127 Å². The van der Waals surface area contributed by atoms with Gasteiger partial charge in [-0.05, 0) is 59.1 Å². The Morgan fingerprint density at radius 2 is 1.82 bits per heavy atom. The largest absolute Gasteiger partial charge is 0.455 e. The number of amides is 2. The van der Waals surface area contributed by atoms with E-state index in [-0.39, 0.29) is 17.5 Å². The van der Waals surface area contributed by atoms with Crippen LogP contribution in [0, 0.1) is 23.0 Å². The number of hydrazone groups is 1. The van der Waals surface area contributed by atoms with Gasteiger partial charge in [-0.3, -0.25) is 19.7 Å². The van der Waals surface area contributed by atoms with Gasteiger partial charge >= 0.3 is 0 Å². The van der Waals surface area contributed by atoms with E-state index in [1.54, 1.807) is 30.3 Å². The maximum absolute atomic E-state index is 12.6. The molecule has 1 aromatic heterocycles. The highest BCUT2D eigenvalue weighted by Gasteiger charge is 2.24. The highest BCUT2D eigenvalue weighted by molar-refractivity contribution is 9.10. The van der Waals surface area contributed by atoms with Crippen LogP contribution in [0.5, 0.6) is 0 Å². The lowest BCUT2D eigenvalue weighted by Crippen LogP contribution is -2.48. The van der Waals surface area contributed by atoms with E-state index in [0.717, 1.165) is 5.56 Å². The second-order valence-electron chi connectivity index (χ2n) is 7.92. The van der Waals surface area contributed by atoms with E-state index < -0.39 is 16.9 Å². The zero-order valence-electron chi connectivity index (χ0n) is 18.7. The summed E-state index contributed by atoms with van der Waals surface area (Å²) in [5.41, 5.74) is 4.52. The second-order valence-corrected chi connectivity index (χ2v) is 8.77. The van der Waals surface area contributed by atoms with Crippen LogP contribution in [0.2, 0.25) is 0 Å². The molecule has 9 nitrogen and oxygen atoms in total. The number of carbonyl (C=O) groups is 2. The summed E-state index contributed by atoms with van der Waals surface area (Å²) in [6.07, 6.45) is 1.33. The highest BCUT2D eigenvalue weighted by atomic mass is 79.9. The molecule has 0 radical (unpaired) electrons. The van der Waals surface area contributed by atoms with Crippen LogP contribution < -0.4 is 10.7 Å². The molecule has 1 unspecified atom stereocenters. The van der Waals surface area contributed by atoms with Crippen molar-refractivity contribution in [2.75, 3.05) is 0 Å². The first-order valence-corrected chi connectivity index (χ1v) is 11.2. The van der Waals surface area contributed by atoms with Crippen molar-refractivity contribution in [1.29, 1.82) is 0 Å². The lowest BCUT2D eigenvalue weighted by molar-refractivity contribution is -0.384. The molecule has 0 saturated carbocycles. The summed E-state index contributed by atoms with van der Waals surface area (Å²) in [7, 11) is 0. The van der Waals surface area contributed by atoms with Crippen LogP contribution in [0.15, 0.2) is 68.6 Å². The summed E-state index contributed by atoms with van der Waals surface area (Å²) in [5, 5.41) is 17.6. The first-order chi connectivity index (χ1) is 16.2. The molecule has 0 aliphatic rings. The first kappa shape index (κ1) is 24.8. The lowest BCUT2D eigenvalue weighted by Gasteiger charge is -2.20. The summed E-state index contributed by atoms with van der Waals surface area (Å²) in [5.74, 6) is -0.136. The number of aryl methyl sites for hydroxylation is 1. The van der Waals surface area contributed by atoms with E-state index in [4.69, 9.17) is 4.42 Å². The van der Waals surface area contributed by atoms with Gasteiger partial charge < -0.3 is 9.73 Å². The van der Waals surface area contributed by atoms with Gasteiger partial charge in [0.15, 0.2) is 0 Å². The van der Waals surface area contributed by atoms with Crippen LogP contribution in [-0.4, -0.2) is 29.0 Å². The zero-order valence-corrected chi connectivity index (χ0v) is 20.3. The molecular formula is C24H23BrN4O5. The zero-order chi connectivity index (χ0) is 24.8. The number of hydrogen-bond donors (Lipinski definition) is 2. The average molecular weight is 527 g/mol. The molecule has 0 spiro atoms. The SMILES string of the molecule is Cc1ccc(C(=O)NC(C(=O)NN=Cc2ccc(-c3ccc([N+](=O)[O-])cc3Br)o2)C(C)C)cc1.